The number of aliphatic hydroxyl groups is 1. The van der Waals surface area contributed by atoms with Gasteiger partial charge in [0.15, 0.2) is 0 Å². The molecule has 7 heteroatoms. The van der Waals surface area contributed by atoms with Crippen LogP contribution in [0.3, 0.4) is 0 Å². The number of benzene rings is 1. The summed E-state index contributed by atoms with van der Waals surface area (Å²) in [5, 5.41) is 10.4. The van der Waals surface area contributed by atoms with E-state index in [1.54, 1.807) is 12.1 Å². The Kier molecular flexibility index (Phi) is 5.80. The molecule has 1 aromatic rings. The molecule has 1 unspecified atom stereocenters. The summed E-state index contributed by atoms with van der Waals surface area (Å²) in [4.78, 5) is 24.8. The summed E-state index contributed by atoms with van der Waals surface area (Å²) in [6, 6.07) is 3.40. The number of hydrogen-bond acceptors (Lipinski definition) is 5. The Labute approximate surface area is 141 Å². The molecule has 0 aromatic heterocycles. The van der Waals surface area contributed by atoms with Gasteiger partial charge in [-0.2, -0.15) is 0 Å². The van der Waals surface area contributed by atoms with E-state index in [2.05, 4.69) is 0 Å². The molecule has 112 valence electrons. The minimum atomic E-state index is -0.321. The van der Waals surface area contributed by atoms with E-state index in [4.69, 9.17) is 23.2 Å². The van der Waals surface area contributed by atoms with Gasteiger partial charge < -0.3 is 5.11 Å². The number of fused-ring (bicyclic) bond motifs is 1. The molecule has 3 nitrogen and oxygen atoms in total. The van der Waals surface area contributed by atoms with Crippen LogP contribution in [0.25, 0.3) is 0 Å². The lowest BCUT2D eigenvalue weighted by Crippen LogP contribution is -2.17. The number of allylic oxidation sites excluding steroid dienone is 1. The number of aldehydes is 1. The van der Waals surface area contributed by atoms with Crippen LogP contribution in [0, 0.1) is 0 Å². The summed E-state index contributed by atoms with van der Waals surface area (Å²) < 4.78 is 0. The summed E-state index contributed by atoms with van der Waals surface area (Å²) in [5.74, 6) is -0.102. The van der Waals surface area contributed by atoms with E-state index in [0.717, 1.165) is 9.79 Å². The number of Topliss-reactive ketones (excluding diaryl/α,β-unsaturated/α-hetero) is 1. The maximum atomic E-state index is 11.3. The zero-order valence-corrected chi connectivity index (χ0v) is 14.2. The van der Waals surface area contributed by atoms with Gasteiger partial charge in [0.05, 0.1) is 21.9 Å². The highest BCUT2D eigenvalue weighted by Gasteiger charge is 2.30. The molecular weight excluding hydrogens is 351 g/mol. The van der Waals surface area contributed by atoms with Crippen LogP contribution < -0.4 is 0 Å². The number of aliphatic hydroxyl groups excluding tert-OH is 1. The largest absolute Gasteiger partial charge is 0.395 e. The molecule has 2 rings (SSSR count). The summed E-state index contributed by atoms with van der Waals surface area (Å²) >= 11 is 15.0. The number of thioether (sulfide) groups is 2. The van der Waals surface area contributed by atoms with Crippen molar-refractivity contribution in [2.45, 2.75) is 28.4 Å². The van der Waals surface area contributed by atoms with Crippen LogP contribution in [-0.4, -0.2) is 29.0 Å². The van der Waals surface area contributed by atoms with Crippen LogP contribution in [0.5, 0.6) is 0 Å². The van der Waals surface area contributed by atoms with Crippen molar-refractivity contribution >= 4 is 58.8 Å². The zero-order valence-electron chi connectivity index (χ0n) is 11.1. The first-order valence-corrected chi connectivity index (χ1v) is 8.54. The van der Waals surface area contributed by atoms with Gasteiger partial charge in [0.2, 0.25) is 0 Å². The fourth-order valence-corrected chi connectivity index (χ4v) is 5.23. The Morgan fingerprint density at radius 3 is 2.48 bits per heavy atom. The maximum absolute atomic E-state index is 11.3. The monoisotopic (exact) mass is 362 g/mol. The van der Waals surface area contributed by atoms with Crippen LogP contribution in [0.2, 0.25) is 10.0 Å². The van der Waals surface area contributed by atoms with Crippen molar-refractivity contribution in [1.82, 2.24) is 0 Å². The third-order valence-corrected chi connectivity index (χ3v) is 6.70. The highest BCUT2D eigenvalue weighted by Crippen LogP contribution is 2.53. The molecule has 1 heterocycles. The first-order valence-electron chi connectivity index (χ1n) is 6.09. The molecule has 0 amide bonds. The van der Waals surface area contributed by atoms with Crippen LogP contribution >= 0.6 is 46.7 Å². The summed E-state index contributed by atoms with van der Waals surface area (Å²) in [6.45, 7) is 1.28. The van der Waals surface area contributed by atoms with Crippen molar-refractivity contribution in [3.63, 3.8) is 0 Å². The average Bonchev–Trinajstić information content (AvgIpc) is 2.47. The van der Waals surface area contributed by atoms with Crippen molar-refractivity contribution in [3.05, 3.63) is 32.7 Å². The Morgan fingerprint density at radius 1 is 1.33 bits per heavy atom. The van der Waals surface area contributed by atoms with Crippen molar-refractivity contribution in [3.8, 4) is 0 Å². The molecule has 0 fully saturated rings. The molecule has 21 heavy (non-hydrogen) atoms. The number of halogens is 2. The van der Waals surface area contributed by atoms with E-state index in [1.165, 1.54) is 30.4 Å². The van der Waals surface area contributed by atoms with Gasteiger partial charge in [-0.25, -0.2) is 0 Å². The third kappa shape index (κ3) is 3.66. The van der Waals surface area contributed by atoms with Gasteiger partial charge in [-0.3, -0.25) is 9.59 Å². The molecule has 1 aliphatic rings. The van der Waals surface area contributed by atoms with Gasteiger partial charge in [0, 0.05) is 26.7 Å². The Balaban J connectivity index is 2.53. The predicted octanol–water partition coefficient (Wildman–Crippen LogP) is 3.98. The lowest BCUT2D eigenvalue weighted by molar-refractivity contribution is -0.117. The van der Waals surface area contributed by atoms with Gasteiger partial charge in [-0.15, -0.1) is 11.8 Å². The molecule has 0 saturated heterocycles. The van der Waals surface area contributed by atoms with E-state index in [-0.39, 0.29) is 24.1 Å². The summed E-state index contributed by atoms with van der Waals surface area (Å²) in [7, 11) is 0. The smallest absolute Gasteiger partial charge is 0.147 e. The number of rotatable bonds is 4. The number of carbonyl (C=O) groups is 2. The summed E-state index contributed by atoms with van der Waals surface area (Å²) in [6.07, 6.45) is 0.729. The lowest BCUT2D eigenvalue weighted by Gasteiger charge is -2.27. The first-order chi connectivity index (χ1) is 9.97. The number of ketones is 1. The van der Waals surface area contributed by atoms with Gasteiger partial charge in [0.25, 0.3) is 0 Å². The van der Waals surface area contributed by atoms with E-state index >= 15 is 0 Å². The van der Waals surface area contributed by atoms with Gasteiger partial charge >= 0.3 is 0 Å². The second-order valence-electron chi connectivity index (χ2n) is 4.46. The predicted molar refractivity (Wildman–Crippen MR) is 87.4 cm³/mol. The van der Waals surface area contributed by atoms with Gasteiger partial charge in [0.1, 0.15) is 12.1 Å². The van der Waals surface area contributed by atoms with E-state index in [9.17, 15) is 14.7 Å². The Hall–Kier alpha value is -0.460. The number of hydrogen-bond donors (Lipinski definition) is 1. The van der Waals surface area contributed by atoms with Gasteiger partial charge in [-0.05, 0) is 19.1 Å². The topological polar surface area (TPSA) is 54.4 Å². The van der Waals surface area contributed by atoms with Crippen molar-refractivity contribution in [2.24, 2.45) is 0 Å². The van der Waals surface area contributed by atoms with E-state index in [0.29, 0.717) is 26.8 Å². The fourth-order valence-electron chi connectivity index (χ4n) is 1.94. The molecular formula is C14H12Cl2O3S2. The van der Waals surface area contributed by atoms with Gasteiger partial charge in [-0.1, -0.05) is 35.0 Å². The average molecular weight is 363 g/mol. The molecule has 1 aromatic carbocycles. The first kappa shape index (κ1) is 16.9. The minimum absolute atomic E-state index is 0.0520. The van der Waals surface area contributed by atoms with Crippen LogP contribution in [0.4, 0.5) is 0 Å². The SMILES string of the molecule is CC(=O)C/C(C=O)=C1/Sc2c(Cl)ccc(Cl)c2SC1CO. The quantitative estimate of drug-likeness (QED) is 0.648. The van der Waals surface area contributed by atoms with E-state index in [1.807, 2.05) is 0 Å². The highest BCUT2D eigenvalue weighted by molar-refractivity contribution is 8.09. The molecule has 1 N–H and O–H groups in total. The van der Waals surface area contributed by atoms with Crippen molar-refractivity contribution < 1.29 is 14.7 Å². The third-order valence-electron chi connectivity index (χ3n) is 2.84. The molecule has 0 aliphatic carbocycles. The van der Waals surface area contributed by atoms with Crippen LogP contribution in [0.15, 0.2) is 32.4 Å². The fraction of sp³-hybridized carbons (Fsp3) is 0.286. The van der Waals surface area contributed by atoms with E-state index < -0.39 is 0 Å². The molecule has 0 spiro atoms. The molecule has 1 aliphatic heterocycles. The molecule has 0 radical (unpaired) electrons. The minimum Gasteiger partial charge on any atom is -0.395 e. The standard InChI is InChI=1S/C14H12Cl2O3S2/c1-7(19)4-8(5-17)12-11(6-18)20-13-9(15)2-3-10(16)14(13)21-12/h2-3,5,11,18H,4,6H2,1H3/b12-8-. The second-order valence-corrected chi connectivity index (χ2v) is 7.54. The van der Waals surface area contributed by atoms with Crippen LogP contribution in [0.1, 0.15) is 13.3 Å². The summed E-state index contributed by atoms with van der Waals surface area (Å²) in [5.41, 5.74) is 0.390. The Bertz CT molecular complexity index is 629. The normalized spacial score (nSPS) is 19.9. The zero-order chi connectivity index (χ0) is 15.6. The lowest BCUT2D eigenvalue weighted by atomic mass is 10.1. The molecule has 0 bridgehead atoms. The van der Waals surface area contributed by atoms with Crippen molar-refractivity contribution in [1.29, 1.82) is 0 Å². The second kappa shape index (κ2) is 7.20. The highest BCUT2D eigenvalue weighted by atomic mass is 35.5. The van der Waals surface area contributed by atoms with Crippen molar-refractivity contribution in [2.75, 3.05) is 6.61 Å². The van der Waals surface area contributed by atoms with Crippen LogP contribution in [-0.2, 0) is 9.59 Å². The number of carbonyl (C=O) groups excluding carboxylic acids is 2. The molecule has 1 atom stereocenters. The Morgan fingerprint density at radius 2 is 1.95 bits per heavy atom. The maximum Gasteiger partial charge on any atom is 0.147 e. The molecule has 0 saturated carbocycles.